The van der Waals surface area contributed by atoms with E-state index in [1.165, 1.54) is 31.5 Å². The molecule has 0 atom stereocenters. The van der Waals surface area contributed by atoms with Crippen molar-refractivity contribution in [2.24, 2.45) is 0 Å². The number of carbonyl (C=O) groups is 2. The summed E-state index contributed by atoms with van der Waals surface area (Å²) in [5.74, 6) is 0.0780. The highest BCUT2D eigenvalue weighted by Crippen LogP contribution is 2.33. The Hall–Kier alpha value is -2.08. The van der Waals surface area contributed by atoms with E-state index in [1.807, 2.05) is 24.0 Å². The Morgan fingerprint density at radius 1 is 1.07 bits per heavy atom. The van der Waals surface area contributed by atoms with E-state index < -0.39 is 5.60 Å². The van der Waals surface area contributed by atoms with Crippen molar-refractivity contribution in [2.45, 2.75) is 44.8 Å². The largest absolute Gasteiger partial charge is 0.441 e. The fourth-order valence-corrected chi connectivity index (χ4v) is 4.45. The average molecular weight is 371 g/mol. The summed E-state index contributed by atoms with van der Waals surface area (Å²) in [6, 6.07) is 8.06. The van der Waals surface area contributed by atoms with Gasteiger partial charge in [-0.05, 0) is 50.6 Å². The SMILES string of the molecule is CCN1CC2(CCN(C(=O)c3ccc(CN4CCCC4)cc3)CC2)OC1=O. The summed E-state index contributed by atoms with van der Waals surface area (Å²) in [4.78, 5) is 30.8. The Balaban J connectivity index is 1.33. The predicted octanol–water partition coefficient (Wildman–Crippen LogP) is 2.73. The highest BCUT2D eigenvalue weighted by Gasteiger charge is 2.47. The van der Waals surface area contributed by atoms with Gasteiger partial charge in [-0.2, -0.15) is 0 Å². The van der Waals surface area contributed by atoms with Crippen LogP contribution < -0.4 is 0 Å². The molecule has 6 nitrogen and oxygen atoms in total. The number of hydrogen-bond acceptors (Lipinski definition) is 4. The first-order chi connectivity index (χ1) is 13.1. The van der Waals surface area contributed by atoms with Gasteiger partial charge in [0, 0.05) is 44.6 Å². The molecule has 146 valence electrons. The highest BCUT2D eigenvalue weighted by atomic mass is 16.6. The van der Waals surface area contributed by atoms with Crippen molar-refractivity contribution in [1.29, 1.82) is 0 Å². The fourth-order valence-electron chi connectivity index (χ4n) is 4.45. The first-order valence-electron chi connectivity index (χ1n) is 10.2. The second kappa shape index (κ2) is 7.50. The number of ether oxygens (including phenoxy) is 1. The van der Waals surface area contributed by atoms with Gasteiger partial charge in [-0.3, -0.25) is 9.69 Å². The standard InChI is InChI=1S/C21H29N3O3/c1-2-23-16-21(27-20(23)26)9-13-24(14-10-21)19(25)18-7-5-17(6-8-18)15-22-11-3-4-12-22/h5-8H,2-4,9-16H2,1H3. The quantitative estimate of drug-likeness (QED) is 0.817. The molecule has 3 fully saturated rings. The normalized spacial score (nSPS) is 22.5. The third-order valence-corrected chi connectivity index (χ3v) is 6.19. The summed E-state index contributed by atoms with van der Waals surface area (Å²) in [6.07, 6.45) is 3.80. The van der Waals surface area contributed by atoms with E-state index in [0.717, 1.165) is 12.1 Å². The number of amides is 2. The third-order valence-electron chi connectivity index (χ3n) is 6.19. The minimum Gasteiger partial charge on any atom is -0.441 e. The van der Waals surface area contributed by atoms with Crippen molar-refractivity contribution >= 4 is 12.0 Å². The van der Waals surface area contributed by atoms with Gasteiger partial charge in [-0.15, -0.1) is 0 Å². The van der Waals surface area contributed by atoms with Gasteiger partial charge in [0.15, 0.2) is 0 Å². The van der Waals surface area contributed by atoms with Crippen LogP contribution in [0.15, 0.2) is 24.3 Å². The van der Waals surface area contributed by atoms with Crippen LogP contribution in [-0.2, 0) is 11.3 Å². The Morgan fingerprint density at radius 2 is 1.74 bits per heavy atom. The van der Waals surface area contributed by atoms with Crippen LogP contribution in [0.25, 0.3) is 0 Å². The summed E-state index contributed by atoms with van der Waals surface area (Å²) in [6.45, 7) is 7.89. The van der Waals surface area contributed by atoms with E-state index in [9.17, 15) is 9.59 Å². The Morgan fingerprint density at radius 3 is 2.33 bits per heavy atom. The number of carbonyl (C=O) groups excluding carboxylic acids is 2. The van der Waals surface area contributed by atoms with Crippen LogP contribution in [0.3, 0.4) is 0 Å². The Bertz CT molecular complexity index is 689. The lowest BCUT2D eigenvalue weighted by atomic mass is 9.91. The van der Waals surface area contributed by atoms with Crippen molar-refractivity contribution in [3.05, 3.63) is 35.4 Å². The lowest BCUT2D eigenvalue weighted by molar-refractivity contribution is 0.00314. The molecule has 0 N–H and O–H groups in total. The molecule has 0 saturated carbocycles. The molecule has 1 aromatic carbocycles. The fraction of sp³-hybridized carbons (Fsp3) is 0.619. The molecule has 3 aliphatic rings. The van der Waals surface area contributed by atoms with Crippen LogP contribution in [0.2, 0.25) is 0 Å². The molecular weight excluding hydrogens is 342 g/mol. The molecule has 4 rings (SSSR count). The third kappa shape index (κ3) is 3.81. The van der Waals surface area contributed by atoms with Gasteiger partial charge in [-0.1, -0.05) is 12.1 Å². The van der Waals surface area contributed by atoms with Gasteiger partial charge in [0.25, 0.3) is 5.91 Å². The maximum absolute atomic E-state index is 12.8. The van der Waals surface area contributed by atoms with E-state index in [2.05, 4.69) is 17.0 Å². The number of likely N-dealkylation sites (N-methyl/N-ethyl adjacent to an activating group) is 1. The molecule has 3 aliphatic heterocycles. The van der Waals surface area contributed by atoms with Crippen molar-refractivity contribution in [1.82, 2.24) is 14.7 Å². The molecule has 6 heteroatoms. The summed E-state index contributed by atoms with van der Waals surface area (Å²) < 4.78 is 5.65. The zero-order chi connectivity index (χ0) is 18.9. The van der Waals surface area contributed by atoms with Crippen LogP contribution >= 0.6 is 0 Å². The second-order valence-corrected chi connectivity index (χ2v) is 8.04. The van der Waals surface area contributed by atoms with Crippen LogP contribution in [0.1, 0.15) is 48.5 Å². The van der Waals surface area contributed by atoms with Gasteiger partial charge in [-0.25, -0.2) is 4.79 Å². The minimum absolute atomic E-state index is 0.0780. The van der Waals surface area contributed by atoms with Crippen molar-refractivity contribution in [3.63, 3.8) is 0 Å². The molecule has 3 saturated heterocycles. The summed E-state index contributed by atoms with van der Waals surface area (Å²) >= 11 is 0. The first-order valence-corrected chi connectivity index (χ1v) is 10.2. The number of nitrogens with zero attached hydrogens (tertiary/aromatic N) is 3. The maximum atomic E-state index is 12.8. The highest BCUT2D eigenvalue weighted by molar-refractivity contribution is 5.94. The zero-order valence-electron chi connectivity index (χ0n) is 16.2. The molecular formula is C21H29N3O3. The van der Waals surface area contributed by atoms with Crippen molar-refractivity contribution in [3.8, 4) is 0 Å². The van der Waals surface area contributed by atoms with E-state index in [1.54, 1.807) is 4.90 Å². The summed E-state index contributed by atoms with van der Waals surface area (Å²) in [5, 5.41) is 0. The minimum atomic E-state index is -0.399. The van der Waals surface area contributed by atoms with Crippen LogP contribution in [0.4, 0.5) is 4.79 Å². The van der Waals surface area contributed by atoms with Gasteiger partial charge >= 0.3 is 6.09 Å². The molecule has 1 spiro atoms. The summed E-state index contributed by atoms with van der Waals surface area (Å²) in [5.41, 5.74) is 1.61. The zero-order valence-corrected chi connectivity index (χ0v) is 16.2. The van der Waals surface area contributed by atoms with Crippen molar-refractivity contribution in [2.75, 3.05) is 39.3 Å². The molecule has 0 bridgehead atoms. The smallest absolute Gasteiger partial charge is 0.410 e. The van der Waals surface area contributed by atoms with Crippen LogP contribution in [0.5, 0.6) is 0 Å². The van der Waals surface area contributed by atoms with E-state index in [-0.39, 0.29) is 12.0 Å². The van der Waals surface area contributed by atoms with Gasteiger partial charge in [0.1, 0.15) is 5.60 Å². The molecule has 3 heterocycles. The Kier molecular flexibility index (Phi) is 5.08. The van der Waals surface area contributed by atoms with E-state index in [0.29, 0.717) is 39.0 Å². The number of likely N-dealkylation sites (tertiary alicyclic amines) is 2. The van der Waals surface area contributed by atoms with Gasteiger partial charge in [0.05, 0.1) is 6.54 Å². The first kappa shape index (κ1) is 18.3. The molecule has 0 unspecified atom stereocenters. The Labute approximate surface area is 161 Å². The van der Waals surface area contributed by atoms with Gasteiger partial charge < -0.3 is 14.5 Å². The molecule has 1 aromatic rings. The number of rotatable bonds is 4. The second-order valence-electron chi connectivity index (χ2n) is 8.04. The van der Waals surface area contributed by atoms with Gasteiger partial charge in [0.2, 0.25) is 0 Å². The average Bonchev–Trinajstić information content (AvgIpc) is 3.30. The molecule has 0 aromatic heterocycles. The molecule has 0 aliphatic carbocycles. The van der Waals surface area contributed by atoms with Crippen LogP contribution in [-0.4, -0.2) is 71.6 Å². The molecule has 2 amide bonds. The predicted molar refractivity (Wildman–Crippen MR) is 103 cm³/mol. The van der Waals surface area contributed by atoms with Crippen molar-refractivity contribution < 1.29 is 14.3 Å². The van der Waals surface area contributed by atoms with E-state index >= 15 is 0 Å². The lowest BCUT2D eigenvalue weighted by Gasteiger charge is -2.37. The lowest BCUT2D eigenvalue weighted by Crippen LogP contribution is -2.48. The number of piperidine rings is 1. The topological polar surface area (TPSA) is 53.1 Å². The molecule has 0 radical (unpaired) electrons. The monoisotopic (exact) mass is 371 g/mol. The number of hydrogen-bond donors (Lipinski definition) is 0. The summed E-state index contributed by atoms with van der Waals surface area (Å²) in [7, 11) is 0. The number of benzene rings is 1. The van der Waals surface area contributed by atoms with Crippen LogP contribution in [0, 0.1) is 0 Å². The maximum Gasteiger partial charge on any atom is 0.410 e. The van der Waals surface area contributed by atoms with E-state index in [4.69, 9.17) is 4.74 Å². The molecule has 27 heavy (non-hydrogen) atoms.